The number of rotatable bonds is 6. The van der Waals surface area contributed by atoms with Crippen LogP contribution in [0.25, 0.3) is 0 Å². The Hall–Kier alpha value is -2.71. The Balaban J connectivity index is 1.67. The Bertz CT molecular complexity index is 979. The van der Waals surface area contributed by atoms with E-state index in [1.165, 1.54) is 16.4 Å². The lowest BCUT2D eigenvalue weighted by atomic mass is 10.2. The van der Waals surface area contributed by atoms with Gasteiger partial charge in [0.25, 0.3) is 5.91 Å². The molecule has 8 heteroatoms. The number of piperidine rings is 1. The molecule has 7 nitrogen and oxygen atoms in total. The summed E-state index contributed by atoms with van der Waals surface area (Å²) in [5.41, 5.74) is 4.62. The largest absolute Gasteiger partial charge is 0.378 e. The zero-order valence-electron chi connectivity index (χ0n) is 16.7. The number of benzene rings is 2. The van der Waals surface area contributed by atoms with Gasteiger partial charge in [-0.2, -0.15) is 9.41 Å². The number of hydrogen-bond donors (Lipinski definition) is 1. The molecule has 0 radical (unpaired) electrons. The molecule has 0 unspecified atom stereocenters. The Kier molecular flexibility index (Phi) is 6.66. The molecule has 1 saturated heterocycles. The van der Waals surface area contributed by atoms with Gasteiger partial charge in [-0.3, -0.25) is 4.79 Å². The standard InChI is InChI=1S/C21H26N4O3S/c1-24(2)19-11-9-17(10-12-19)16-22-23-21(26)18-7-6-8-20(15-18)29(27,28)25-13-4-3-5-14-25/h6-12,15-16H,3-5,13-14H2,1-2H3,(H,23,26)/b22-16-. The second kappa shape index (κ2) is 9.19. The highest BCUT2D eigenvalue weighted by Gasteiger charge is 2.26. The summed E-state index contributed by atoms with van der Waals surface area (Å²) in [7, 11) is 0.341. The fourth-order valence-corrected chi connectivity index (χ4v) is 4.70. The maximum Gasteiger partial charge on any atom is 0.271 e. The van der Waals surface area contributed by atoms with E-state index in [0.717, 1.165) is 30.5 Å². The molecule has 2 aromatic carbocycles. The van der Waals surface area contributed by atoms with Crippen molar-refractivity contribution in [3.05, 3.63) is 59.7 Å². The van der Waals surface area contributed by atoms with Crippen LogP contribution in [0.15, 0.2) is 58.5 Å². The fraction of sp³-hybridized carbons (Fsp3) is 0.333. The van der Waals surface area contributed by atoms with E-state index >= 15 is 0 Å². The van der Waals surface area contributed by atoms with Crippen LogP contribution in [0, 0.1) is 0 Å². The number of anilines is 1. The molecule has 0 atom stereocenters. The molecule has 0 saturated carbocycles. The first-order chi connectivity index (χ1) is 13.9. The van der Waals surface area contributed by atoms with Crippen molar-refractivity contribution in [1.82, 2.24) is 9.73 Å². The van der Waals surface area contributed by atoms with Crippen LogP contribution in [-0.4, -0.2) is 52.0 Å². The molecule has 1 aliphatic heterocycles. The number of carbonyl (C=O) groups excluding carboxylic acids is 1. The maximum absolute atomic E-state index is 12.8. The predicted molar refractivity (Wildman–Crippen MR) is 115 cm³/mol. The molecule has 3 rings (SSSR count). The van der Waals surface area contributed by atoms with Gasteiger partial charge in [0, 0.05) is 38.4 Å². The predicted octanol–water partition coefficient (Wildman–Crippen LogP) is 2.69. The number of sulfonamides is 1. The van der Waals surface area contributed by atoms with Crippen LogP contribution in [0.5, 0.6) is 0 Å². The fourth-order valence-electron chi connectivity index (χ4n) is 3.14. The van der Waals surface area contributed by atoms with Crippen LogP contribution < -0.4 is 10.3 Å². The molecular formula is C21H26N4O3S. The minimum absolute atomic E-state index is 0.135. The van der Waals surface area contributed by atoms with Crippen LogP contribution in [0.3, 0.4) is 0 Å². The summed E-state index contributed by atoms with van der Waals surface area (Å²) in [6.45, 7) is 1.05. The number of nitrogens with zero attached hydrogens (tertiary/aromatic N) is 3. The second-order valence-electron chi connectivity index (χ2n) is 7.18. The van der Waals surface area contributed by atoms with E-state index in [0.29, 0.717) is 13.1 Å². The molecule has 29 heavy (non-hydrogen) atoms. The average Bonchev–Trinajstić information content (AvgIpc) is 2.74. The highest BCUT2D eigenvalue weighted by atomic mass is 32.2. The number of hydrazone groups is 1. The minimum atomic E-state index is -3.58. The molecule has 1 N–H and O–H groups in total. The summed E-state index contributed by atoms with van der Waals surface area (Å²) < 4.78 is 27.1. The lowest BCUT2D eigenvalue weighted by Gasteiger charge is -2.25. The summed E-state index contributed by atoms with van der Waals surface area (Å²) in [6.07, 6.45) is 4.32. The number of hydrogen-bond acceptors (Lipinski definition) is 5. The Morgan fingerprint density at radius 2 is 1.76 bits per heavy atom. The van der Waals surface area contributed by atoms with Gasteiger partial charge in [0.2, 0.25) is 10.0 Å². The third kappa shape index (κ3) is 5.21. The first kappa shape index (κ1) is 21.0. The van der Waals surface area contributed by atoms with Crippen LogP contribution in [0.1, 0.15) is 35.2 Å². The van der Waals surface area contributed by atoms with Gasteiger partial charge in [0.15, 0.2) is 0 Å². The lowest BCUT2D eigenvalue weighted by Crippen LogP contribution is -2.35. The number of carbonyl (C=O) groups is 1. The van der Waals surface area contributed by atoms with Crippen molar-refractivity contribution in [2.24, 2.45) is 5.10 Å². The van der Waals surface area contributed by atoms with Gasteiger partial charge in [-0.25, -0.2) is 13.8 Å². The zero-order chi connectivity index (χ0) is 20.9. The normalized spacial score (nSPS) is 15.4. The number of amides is 1. The van der Waals surface area contributed by atoms with Crippen molar-refractivity contribution in [3.8, 4) is 0 Å². The minimum Gasteiger partial charge on any atom is -0.378 e. The lowest BCUT2D eigenvalue weighted by molar-refractivity contribution is 0.0955. The molecule has 1 aliphatic rings. The van der Waals surface area contributed by atoms with Gasteiger partial charge < -0.3 is 4.90 Å². The SMILES string of the molecule is CN(C)c1ccc(/C=N\NC(=O)c2cccc(S(=O)(=O)N3CCCCC3)c2)cc1. The van der Waals surface area contributed by atoms with E-state index in [-0.39, 0.29) is 10.5 Å². The summed E-state index contributed by atoms with van der Waals surface area (Å²) in [4.78, 5) is 14.5. The van der Waals surface area contributed by atoms with Crippen molar-refractivity contribution in [1.29, 1.82) is 0 Å². The monoisotopic (exact) mass is 414 g/mol. The van der Waals surface area contributed by atoms with E-state index in [4.69, 9.17) is 0 Å². The molecule has 0 spiro atoms. The molecule has 2 aromatic rings. The van der Waals surface area contributed by atoms with Crippen molar-refractivity contribution in [2.45, 2.75) is 24.2 Å². The van der Waals surface area contributed by atoms with Crippen LogP contribution in [-0.2, 0) is 10.0 Å². The van der Waals surface area contributed by atoms with E-state index in [2.05, 4.69) is 10.5 Å². The van der Waals surface area contributed by atoms with E-state index in [1.807, 2.05) is 43.3 Å². The summed E-state index contributed by atoms with van der Waals surface area (Å²) in [5.74, 6) is -0.457. The van der Waals surface area contributed by atoms with Crippen LogP contribution in [0.4, 0.5) is 5.69 Å². The van der Waals surface area contributed by atoms with Gasteiger partial charge in [-0.1, -0.05) is 24.6 Å². The number of nitrogens with one attached hydrogen (secondary N) is 1. The molecular weight excluding hydrogens is 388 g/mol. The van der Waals surface area contributed by atoms with Crippen molar-refractivity contribution < 1.29 is 13.2 Å². The molecule has 1 fully saturated rings. The third-order valence-electron chi connectivity index (χ3n) is 4.84. The molecule has 0 bridgehead atoms. The van der Waals surface area contributed by atoms with Crippen molar-refractivity contribution >= 4 is 27.8 Å². The first-order valence-corrected chi connectivity index (χ1v) is 11.0. The highest BCUT2D eigenvalue weighted by Crippen LogP contribution is 2.21. The highest BCUT2D eigenvalue weighted by molar-refractivity contribution is 7.89. The summed E-state index contributed by atoms with van der Waals surface area (Å²) >= 11 is 0. The van der Waals surface area contributed by atoms with Gasteiger partial charge in [0.05, 0.1) is 11.1 Å². The zero-order valence-corrected chi connectivity index (χ0v) is 17.5. The third-order valence-corrected chi connectivity index (χ3v) is 6.73. The maximum atomic E-state index is 12.8. The Morgan fingerprint density at radius 3 is 2.41 bits per heavy atom. The van der Waals surface area contributed by atoms with Gasteiger partial charge in [0.1, 0.15) is 0 Å². The summed E-state index contributed by atoms with van der Waals surface area (Å²) in [5, 5.41) is 3.98. The molecule has 0 aromatic heterocycles. The van der Waals surface area contributed by atoms with Gasteiger partial charge >= 0.3 is 0 Å². The molecule has 1 amide bonds. The van der Waals surface area contributed by atoms with Gasteiger partial charge in [-0.05, 0) is 48.7 Å². The van der Waals surface area contributed by atoms with E-state index in [9.17, 15) is 13.2 Å². The van der Waals surface area contributed by atoms with Crippen LogP contribution >= 0.6 is 0 Å². The average molecular weight is 415 g/mol. The van der Waals surface area contributed by atoms with Crippen molar-refractivity contribution in [3.63, 3.8) is 0 Å². The molecule has 154 valence electrons. The van der Waals surface area contributed by atoms with Gasteiger partial charge in [-0.15, -0.1) is 0 Å². The van der Waals surface area contributed by atoms with Crippen LogP contribution in [0.2, 0.25) is 0 Å². The Labute approximate surface area is 172 Å². The van der Waals surface area contributed by atoms with E-state index < -0.39 is 15.9 Å². The van der Waals surface area contributed by atoms with E-state index in [1.54, 1.807) is 18.3 Å². The molecule has 0 aliphatic carbocycles. The first-order valence-electron chi connectivity index (χ1n) is 9.59. The quantitative estimate of drug-likeness (QED) is 0.582. The molecule has 1 heterocycles. The Morgan fingerprint density at radius 1 is 1.07 bits per heavy atom. The second-order valence-corrected chi connectivity index (χ2v) is 9.12. The summed E-state index contributed by atoms with van der Waals surface area (Å²) in [6, 6.07) is 13.8. The van der Waals surface area contributed by atoms with Crippen molar-refractivity contribution in [2.75, 3.05) is 32.1 Å². The topological polar surface area (TPSA) is 82.1 Å². The smallest absolute Gasteiger partial charge is 0.271 e.